The molecule has 4 nitrogen and oxygen atoms in total. The van der Waals surface area contributed by atoms with Gasteiger partial charge in [0, 0.05) is 37.5 Å². The highest BCUT2D eigenvalue weighted by atomic mass is 16.7. The Bertz CT molecular complexity index is 797. The molecule has 0 amide bonds. The van der Waals surface area contributed by atoms with E-state index in [2.05, 4.69) is 27.7 Å². The quantitative estimate of drug-likeness (QED) is 0.533. The summed E-state index contributed by atoms with van der Waals surface area (Å²) in [5, 5.41) is 0. The second-order valence-electron chi connectivity index (χ2n) is 12.9. The minimum absolute atomic E-state index is 0.0173. The molecule has 0 N–H and O–H groups in total. The zero-order valence-electron chi connectivity index (χ0n) is 19.8. The van der Waals surface area contributed by atoms with Gasteiger partial charge in [0.1, 0.15) is 11.6 Å². The van der Waals surface area contributed by atoms with E-state index in [0.717, 1.165) is 25.9 Å². The highest BCUT2D eigenvalue weighted by molar-refractivity contribution is 5.90. The lowest BCUT2D eigenvalue weighted by Gasteiger charge is -2.59. The van der Waals surface area contributed by atoms with Crippen molar-refractivity contribution >= 4 is 11.6 Å². The Morgan fingerprint density at radius 3 is 2.48 bits per heavy atom. The zero-order valence-corrected chi connectivity index (χ0v) is 19.8. The van der Waals surface area contributed by atoms with E-state index in [-0.39, 0.29) is 28.6 Å². The van der Waals surface area contributed by atoms with Crippen molar-refractivity contribution in [3.63, 3.8) is 0 Å². The maximum Gasteiger partial charge on any atom is 0.171 e. The van der Waals surface area contributed by atoms with Gasteiger partial charge in [-0.1, -0.05) is 27.7 Å². The molecule has 6 rings (SSSR count). The lowest BCUT2D eigenvalue weighted by Crippen LogP contribution is -2.57. The van der Waals surface area contributed by atoms with Crippen LogP contribution in [0.4, 0.5) is 0 Å². The van der Waals surface area contributed by atoms with Crippen molar-refractivity contribution in [2.24, 2.45) is 52.3 Å². The summed E-state index contributed by atoms with van der Waals surface area (Å²) in [5.74, 6) is 3.54. The molecule has 4 aliphatic carbocycles. The van der Waals surface area contributed by atoms with Gasteiger partial charge in [-0.15, -0.1) is 0 Å². The number of ketones is 2. The van der Waals surface area contributed by atoms with Crippen LogP contribution in [0.3, 0.4) is 0 Å². The summed E-state index contributed by atoms with van der Waals surface area (Å²) in [5.41, 5.74) is 0.276. The molecule has 1 spiro atoms. The molecule has 2 saturated heterocycles. The second-order valence-corrected chi connectivity index (χ2v) is 12.9. The van der Waals surface area contributed by atoms with Crippen molar-refractivity contribution < 1.29 is 19.1 Å². The summed E-state index contributed by atoms with van der Waals surface area (Å²) in [6, 6.07) is 0. The van der Waals surface area contributed by atoms with Crippen LogP contribution in [-0.4, -0.2) is 30.1 Å². The number of rotatable bonds is 0. The Morgan fingerprint density at radius 1 is 0.935 bits per heavy atom. The lowest BCUT2D eigenvalue weighted by atomic mass is 9.44. The van der Waals surface area contributed by atoms with Crippen LogP contribution >= 0.6 is 0 Å². The van der Waals surface area contributed by atoms with Crippen LogP contribution in [0.2, 0.25) is 0 Å². The van der Waals surface area contributed by atoms with Gasteiger partial charge in [-0.05, 0) is 72.5 Å². The summed E-state index contributed by atoms with van der Waals surface area (Å²) < 4.78 is 13.3. The van der Waals surface area contributed by atoms with Crippen LogP contribution in [0.15, 0.2) is 0 Å². The summed E-state index contributed by atoms with van der Waals surface area (Å²) in [6.07, 6.45) is 8.86. The largest absolute Gasteiger partial charge is 0.349 e. The molecule has 172 valence electrons. The Labute approximate surface area is 187 Å². The fourth-order valence-corrected chi connectivity index (χ4v) is 9.85. The van der Waals surface area contributed by atoms with E-state index in [1.54, 1.807) is 0 Å². The van der Waals surface area contributed by atoms with Crippen LogP contribution in [-0.2, 0) is 19.1 Å². The number of hydrogen-bond donors (Lipinski definition) is 0. The average Bonchev–Trinajstić information content (AvgIpc) is 3.17. The molecule has 2 aliphatic heterocycles. The van der Waals surface area contributed by atoms with Gasteiger partial charge in [0.2, 0.25) is 0 Å². The van der Waals surface area contributed by atoms with E-state index in [4.69, 9.17) is 9.47 Å². The molecule has 11 atom stereocenters. The fourth-order valence-electron chi connectivity index (χ4n) is 9.85. The standard InChI is InChI=1S/C27H40O4/c1-15-5-10-27(30-14-15)16(2)24-23(31-27)13-20-18-12-22(29)21-11-17(28)6-8-25(21,3)19(18)7-9-26(20,24)4/h15-16,18-21,23-24H,5-14H2,1-4H3/t15?,16-,18+,19-,20-,21+,23-,24-,25+,26-,27+/m0/s1. The average molecular weight is 429 g/mol. The molecule has 0 aromatic heterocycles. The topological polar surface area (TPSA) is 52.6 Å². The van der Waals surface area contributed by atoms with Crippen LogP contribution in [0.1, 0.15) is 85.5 Å². The molecule has 6 aliphatic rings. The summed E-state index contributed by atoms with van der Waals surface area (Å²) in [4.78, 5) is 25.5. The van der Waals surface area contributed by atoms with Crippen molar-refractivity contribution in [3.8, 4) is 0 Å². The molecule has 0 radical (unpaired) electrons. The molecule has 6 fully saturated rings. The first kappa shape index (κ1) is 20.8. The summed E-state index contributed by atoms with van der Waals surface area (Å²) in [6.45, 7) is 10.4. The maximum absolute atomic E-state index is 13.3. The van der Waals surface area contributed by atoms with Gasteiger partial charge in [-0.25, -0.2) is 0 Å². The molecule has 31 heavy (non-hydrogen) atoms. The van der Waals surface area contributed by atoms with Gasteiger partial charge in [-0.2, -0.15) is 0 Å². The predicted octanol–water partition coefficient (Wildman–Crippen LogP) is 5.18. The SMILES string of the molecule is CC1CC[C@@]2(OC1)O[C@H]1C[C@H]3[C@@H]4CC(=O)[C@H]5CC(=O)CC[C@]5(C)[C@H]4CC[C@]3(C)[C@H]1[C@@H]2C. The van der Waals surface area contributed by atoms with E-state index >= 15 is 0 Å². The lowest BCUT2D eigenvalue weighted by molar-refractivity contribution is -0.273. The molecular formula is C27H40O4. The molecule has 4 heteroatoms. The van der Waals surface area contributed by atoms with Gasteiger partial charge in [0.25, 0.3) is 0 Å². The van der Waals surface area contributed by atoms with Crippen molar-refractivity contribution in [2.75, 3.05) is 6.61 Å². The van der Waals surface area contributed by atoms with Gasteiger partial charge < -0.3 is 9.47 Å². The van der Waals surface area contributed by atoms with Crippen molar-refractivity contribution in [1.82, 2.24) is 0 Å². The molecular weight excluding hydrogens is 388 g/mol. The van der Waals surface area contributed by atoms with Gasteiger partial charge in [0.05, 0.1) is 12.7 Å². The van der Waals surface area contributed by atoms with Crippen molar-refractivity contribution in [1.29, 1.82) is 0 Å². The maximum atomic E-state index is 13.3. The minimum atomic E-state index is -0.365. The van der Waals surface area contributed by atoms with Crippen molar-refractivity contribution in [3.05, 3.63) is 0 Å². The molecule has 0 bridgehead atoms. The first-order chi connectivity index (χ1) is 14.7. The minimum Gasteiger partial charge on any atom is -0.349 e. The smallest absolute Gasteiger partial charge is 0.171 e. The van der Waals surface area contributed by atoms with Crippen LogP contribution in [0, 0.1) is 52.3 Å². The summed E-state index contributed by atoms with van der Waals surface area (Å²) >= 11 is 0. The Balaban J connectivity index is 1.29. The number of carbonyl (C=O) groups is 2. The molecule has 1 unspecified atom stereocenters. The predicted molar refractivity (Wildman–Crippen MR) is 117 cm³/mol. The molecule has 4 saturated carbocycles. The monoisotopic (exact) mass is 428 g/mol. The van der Waals surface area contributed by atoms with Gasteiger partial charge in [0.15, 0.2) is 5.79 Å². The van der Waals surface area contributed by atoms with Gasteiger partial charge in [-0.3, -0.25) is 9.59 Å². The van der Waals surface area contributed by atoms with E-state index in [9.17, 15) is 9.59 Å². The van der Waals surface area contributed by atoms with Crippen LogP contribution in [0.25, 0.3) is 0 Å². The Hall–Kier alpha value is -0.740. The second kappa shape index (κ2) is 6.65. The zero-order chi connectivity index (χ0) is 21.8. The van der Waals surface area contributed by atoms with E-state index in [0.29, 0.717) is 66.3 Å². The van der Waals surface area contributed by atoms with E-state index < -0.39 is 0 Å². The molecule has 0 aromatic rings. The number of Topliss-reactive ketones (excluding diaryl/α,β-unsaturated/α-hetero) is 2. The fraction of sp³-hybridized carbons (Fsp3) is 0.926. The normalized spacial score (nSPS) is 58.6. The first-order valence-electron chi connectivity index (χ1n) is 13.0. The van der Waals surface area contributed by atoms with Gasteiger partial charge >= 0.3 is 0 Å². The Morgan fingerprint density at radius 2 is 1.74 bits per heavy atom. The Kier molecular flexibility index (Phi) is 4.47. The van der Waals surface area contributed by atoms with Crippen LogP contribution < -0.4 is 0 Å². The number of carbonyl (C=O) groups excluding carboxylic acids is 2. The third-order valence-corrected chi connectivity index (χ3v) is 11.5. The first-order valence-corrected chi connectivity index (χ1v) is 13.0. The third kappa shape index (κ3) is 2.67. The van der Waals surface area contributed by atoms with E-state index in [1.807, 2.05) is 0 Å². The van der Waals surface area contributed by atoms with Crippen molar-refractivity contribution in [2.45, 2.75) is 97.4 Å². The molecule has 2 heterocycles. The highest BCUT2D eigenvalue weighted by Gasteiger charge is 2.69. The number of hydrogen-bond acceptors (Lipinski definition) is 4. The number of ether oxygens (including phenoxy) is 2. The van der Waals surface area contributed by atoms with Crippen LogP contribution in [0.5, 0.6) is 0 Å². The van der Waals surface area contributed by atoms with E-state index in [1.165, 1.54) is 19.3 Å². The number of fused-ring (bicyclic) bond motifs is 7. The third-order valence-electron chi connectivity index (χ3n) is 11.5. The highest BCUT2D eigenvalue weighted by Crippen LogP contribution is 2.70. The summed E-state index contributed by atoms with van der Waals surface area (Å²) in [7, 11) is 0. The molecule has 0 aromatic carbocycles.